The van der Waals surface area contributed by atoms with Gasteiger partial charge in [-0.05, 0) is 24.1 Å². The highest BCUT2D eigenvalue weighted by atomic mass is 35.5. The van der Waals surface area contributed by atoms with Crippen molar-refractivity contribution < 1.29 is 9.84 Å². The van der Waals surface area contributed by atoms with Gasteiger partial charge in [0.25, 0.3) is 0 Å². The quantitative estimate of drug-likeness (QED) is 0.877. The highest BCUT2D eigenvalue weighted by Gasteiger charge is 2.21. The van der Waals surface area contributed by atoms with E-state index in [1.807, 2.05) is 13.0 Å². The Hall–Kier alpha value is -0.810. The van der Waals surface area contributed by atoms with Crippen molar-refractivity contribution >= 4 is 12.4 Å². The van der Waals surface area contributed by atoms with E-state index < -0.39 is 0 Å². The first-order valence-electron chi connectivity index (χ1n) is 6.46. The number of methoxy groups -OCH3 is 1. The fraction of sp³-hybridized carbons (Fsp3) is 0.571. The summed E-state index contributed by atoms with van der Waals surface area (Å²) in [6.45, 7) is 6.09. The summed E-state index contributed by atoms with van der Waals surface area (Å²) in [7, 11) is 1.69. The molecule has 0 spiro atoms. The number of aliphatic hydroxyl groups is 1. The molecule has 4 nitrogen and oxygen atoms in total. The number of hydrogen-bond acceptors (Lipinski definition) is 4. The molecule has 108 valence electrons. The third-order valence-corrected chi connectivity index (χ3v) is 3.58. The van der Waals surface area contributed by atoms with E-state index in [9.17, 15) is 5.11 Å². The molecular formula is C14H23ClN2O2. The van der Waals surface area contributed by atoms with E-state index in [0.717, 1.165) is 43.1 Å². The maximum atomic E-state index is 9.66. The first kappa shape index (κ1) is 16.2. The van der Waals surface area contributed by atoms with Crippen molar-refractivity contribution in [3.05, 3.63) is 29.3 Å². The molecule has 1 atom stereocenters. The minimum Gasteiger partial charge on any atom is -0.496 e. The normalized spacial score (nSPS) is 17.6. The van der Waals surface area contributed by atoms with Gasteiger partial charge in [-0.3, -0.25) is 4.90 Å². The largest absolute Gasteiger partial charge is 0.496 e. The lowest BCUT2D eigenvalue weighted by Crippen LogP contribution is -2.46. The van der Waals surface area contributed by atoms with Crippen molar-refractivity contribution in [1.82, 2.24) is 10.2 Å². The molecular weight excluding hydrogens is 264 g/mol. The minimum absolute atomic E-state index is 0. The second kappa shape index (κ2) is 7.70. The summed E-state index contributed by atoms with van der Waals surface area (Å²) in [6.07, 6.45) is 0. The Kier molecular flexibility index (Phi) is 6.58. The lowest BCUT2D eigenvalue weighted by atomic mass is 10.0. The zero-order valence-electron chi connectivity index (χ0n) is 11.6. The summed E-state index contributed by atoms with van der Waals surface area (Å²) in [4.78, 5) is 2.32. The Morgan fingerprint density at radius 1 is 1.37 bits per heavy atom. The topological polar surface area (TPSA) is 44.7 Å². The van der Waals surface area contributed by atoms with E-state index in [1.165, 1.54) is 0 Å². The maximum Gasteiger partial charge on any atom is 0.122 e. The number of aryl methyl sites for hydroxylation is 1. The fourth-order valence-electron chi connectivity index (χ4n) is 2.47. The van der Waals surface area contributed by atoms with Gasteiger partial charge in [0.1, 0.15) is 5.75 Å². The van der Waals surface area contributed by atoms with Crippen LogP contribution in [0.15, 0.2) is 18.2 Å². The van der Waals surface area contributed by atoms with Gasteiger partial charge in [-0.15, -0.1) is 12.4 Å². The zero-order chi connectivity index (χ0) is 13.0. The predicted molar refractivity (Wildman–Crippen MR) is 79.2 cm³/mol. The van der Waals surface area contributed by atoms with Gasteiger partial charge < -0.3 is 15.2 Å². The summed E-state index contributed by atoms with van der Waals surface area (Å²) in [5.74, 6) is 0.890. The Labute approximate surface area is 121 Å². The van der Waals surface area contributed by atoms with Crippen LogP contribution < -0.4 is 10.1 Å². The standard InChI is InChI=1S/C14H22N2O2.ClH/c1-11-3-4-12(9-14(11)18-2)13(10-17)16-7-5-15-6-8-16;/h3-4,9,13,15,17H,5-8,10H2,1-2H3;1H/t13-;/m1./s1. The summed E-state index contributed by atoms with van der Waals surface area (Å²) in [5, 5.41) is 13.0. The van der Waals surface area contributed by atoms with Crippen LogP contribution in [0.3, 0.4) is 0 Å². The second-order valence-electron chi connectivity index (χ2n) is 4.71. The van der Waals surface area contributed by atoms with E-state index in [1.54, 1.807) is 7.11 Å². The van der Waals surface area contributed by atoms with Crippen LogP contribution in [-0.4, -0.2) is 49.9 Å². The average molecular weight is 287 g/mol. The number of nitrogens with one attached hydrogen (secondary N) is 1. The van der Waals surface area contributed by atoms with Crippen molar-refractivity contribution in [3.8, 4) is 5.75 Å². The summed E-state index contributed by atoms with van der Waals surface area (Å²) in [5.41, 5.74) is 2.25. The van der Waals surface area contributed by atoms with Gasteiger partial charge in [0, 0.05) is 26.2 Å². The van der Waals surface area contributed by atoms with Gasteiger partial charge in [-0.1, -0.05) is 12.1 Å². The van der Waals surface area contributed by atoms with Crippen LogP contribution in [0.1, 0.15) is 17.2 Å². The molecule has 1 heterocycles. The lowest BCUT2D eigenvalue weighted by molar-refractivity contribution is 0.110. The molecule has 1 aliphatic rings. The molecule has 2 rings (SSSR count). The second-order valence-corrected chi connectivity index (χ2v) is 4.71. The van der Waals surface area contributed by atoms with Crippen LogP contribution in [0, 0.1) is 6.92 Å². The molecule has 19 heavy (non-hydrogen) atoms. The third kappa shape index (κ3) is 3.83. The van der Waals surface area contributed by atoms with Crippen LogP contribution in [0.25, 0.3) is 0 Å². The number of halogens is 1. The zero-order valence-corrected chi connectivity index (χ0v) is 12.4. The van der Waals surface area contributed by atoms with Crippen LogP contribution in [0.2, 0.25) is 0 Å². The molecule has 0 amide bonds. The van der Waals surface area contributed by atoms with Gasteiger partial charge >= 0.3 is 0 Å². The molecule has 1 aromatic carbocycles. The monoisotopic (exact) mass is 286 g/mol. The molecule has 0 radical (unpaired) electrons. The summed E-state index contributed by atoms with van der Waals surface area (Å²) in [6, 6.07) is 6.25. The number of aliphatic hydroxyl groups excluding tert-OH is 1. The number of hydrogen-bond donors (Lipinski definition) is 2. The van der Waals surface area contributed by atoms with Crippen molar-refractivity contribution in [2.75, 3.05) is 39.9 Å². The van der Waals surface area contributed by atoms with Crippen LogP contribution in [-0.2, 0) is 0 Å². The first-order chi connectivity index (χ1) is 8.76. The van der Waals surface area contributed by atoms with Crippen molar-refractivity contribution in [3.63, 3.8) is 0 Å². The fourth-order valence-corrected chi connectivity index (χ4v) is 2.47. The number of nitrogens with zero attached hydrogens (tertiary/aromatic N) is 1. The third-order valence-electron chi connectivity index (χ3n) is 3.58. The molecule has 5 heteroatoms. The lowest BCUT2D eigenvalue weighted by Gasteiger charge is -2.34. The van der Waals surface area contributed by atoms with Crippen LogP contribution >= 0.6 is 12.4 Å². The molecule has 0 bridgehead atoms. The van der Waals surface area contributed by atoms with Crippen molar-refractivity contribution in [2.45, 2.75) is 13.0 Å². The number of piperazine rings is 1. The first-order valence-corrected chi connectivity index (χ1v) is 6.46. The highest BCUT2D eigenvalue weighted by molar-refractivity contribution is 5.85. The number of ether oxygens (including phenoxy) is 1. The van der Waals surface area contributed by atoms with E-state index in [0.29, 0.717) is 0 Å². The highest BCUT2D eigenvalue weighted by Crippen LogP contribution is 2.26. The minimum atomic E-state index is 0. The smallest absolute Gasteiger partial charge is 0.122 e. The predicted octanol–water partition coefficient (Wildman–Crippen LogP) is 1.36. The molecule has 0 aromatic heterocycles. The molecule has 1 fully saturated rings. The summed E-state index contributed by atoms with van der Waals surface area (Å²) >= 11 is 0. The van der Waals surface area contributed by atoms with Gasteiger partial charge in [-0.25, -0.2) is 0 Å². The molecule has 0 saturated carbocycles. The summed E-state index contributed by atoms with van der Waals surface area (Å²) < 4.78 is 5.36. The van der Waals surface area contributed by atoms with Gasteiger partial charge in [0.15, 0.2) is 0 Å². The Morgan fingerprint density at radius 3 is 2.63 bits per heavy atom. The van der Waals surface area contributed by atoms with E-state index in [4.69, 9.17) is 4.74 Å². The molecule has 1 aromatic rings. The van der Waals surface area contributed by atoms with E-state index in [2.05, 4.69) is 22.3 Å². The van der Waals surface area contributed by atoms with Gasteiger partial charge in [-0.2, -0.15) is 0 Å². The van der Waals surface area contributed by atoms with E-state index in [-0.39, 0.29) is 25.1 Å². The number of rotatable bonds is 4. The molecule has 1 saturated heterocycles. The SMILES string of the molecule is COc1cc([C@@H](CO)N2CCNCC2)ccc1C.Cl. The van der Waals surface area contributed by atoms with Crippen molar-refractivity contribution in [1.29, 1.82) is 0 Å². The Bertz CT molecular complexity index is 395. The Balaban J connectivity index is 0.00000180. The molecule has 0 aliphatic carbocycles. The number of benzene rings is 1. The van der Waals surface area contributed by atoms with Crippen molar-refractivity contribution in [2.24, 2.45) is 0 Å². The van der Waals surface area contributed by atoms with Crippen LogP contribution in [0.5, 0.6) is 5.75 Å². The van der Waals surface area contributed by atoms with Crippen LogP contribution in [0.4, 0.5) is 0 Å². The van der Waals surface area contributed by atoms with Gasteiger partial charge in [0.2, 0.25) is 0 Å². The maximum absolute atomic E-state index is 9.66. The molecule has 0 unspecified atom stereocenters. The molecule has 1 aliphatic heterocycles. The molecule has 2 N–H and O–H groups in total. The average Bonchev–Trinajstić information content (AvgIpc) is 2.42. The van der Waals surface area contributed by atoms with Gasteiger partial charge in [0.05, 0.1) is 19.8 Å². The Morgan fingerprint density at radius 2 is 2.05 bits per heavy atom. The van der Waals surface area contributed by atoms with E-state index >= 15 is 0 Å².